The first kappa shape index (κ1) is 15.8. The van der Waals surface area contributed by atoms with Crippen LogP contribution in [0.15, 0.2) is 24.3 Å². The number of likely N-dealkylation sites (tertiary alicyclic amines) is 1. The quantitative estimate of drug-likeness (QED) is 0.820. The van der Waals surface area contributed by atoms with Gasteiger partial charge in [0, 0.05) is 26.1 Å². The number of nitrogens with two attached hydrogens (primary N) is 1. The van der Waals surface area contributed by atoms with Crippen molar-refractivity contribution in [3.05, 3.63) is 29.8 Å². The first-order valence-corrected chi connectivity index (χ1v) is 7.99. The van der Waals surface area contributed by atoms with E-state index in [0.29, 0.717) is 25.5 Å². The van der Waals surface area contributed by atoms with Crippen LogP contribution in [0, 0.1) is 0 Å². The molecule has 1 aliphatic heterocycles. The Morgan fingerprint density at radius 2 is 2.05 bits per heavy atom. The molecule has 1 aromatic carbocycles. The molecule has 4 heteroatoms. The van der Waals surface area contributed by atoms with Crippen LogP contribution in [0.25, 0.3) is 0 Å². The van der Waals surface area contributed by atoms with Gasteiger partial charge in [0.05, 0.1) is 6.61 Å². The number of rotatable bonds is 6. The number of hydrogen-bond donors (Lipinski definition) is 1. The third-order valence-corrected chi connectivity index (χ3v) is 3.90. The lowest BCUT2D eigenvalue weighted by Gasteiger charge is -2.24. The fourth-order valence-electron chi connectivity index (χ4n) is 2.66. The summed E-state index contributed by atoms with van der Waals surface area (Å²) in [6.07, 6.45) is 6.19. The molecule has 21 heavy (non-hydrogen) atoms. The summed E-state index contributed by atoms with van der Waals surface area (Å²) >= 11 is 0. The maximum atomic E-state index is 12.0. The van der Waals surface area contributed by atoms with Gasteiger partial charge in [0.1, 0.15) is 5.75 Å². The highest BCUT2D eigenvalue weighted by Crippen LogP contribution is 2.14. The summed E-state index contributed by atoms with van der Waals surface area (Å²) in [5, 5.41) is 0. The number of amides is 1. The van der Waals surface area contributed by atoms with E-state index in [-0.39, 0.29) is 0 Å². The lowest BCUT2D eigenvalue weighted by molar-refractivity contribution is -0.131. The van der Waals surface area contributed by atoms with E-state index >= 15 is 0 Å². The molecule has 0 atom stereocenters. The van der Waals surface area contributed by atoms with Crippen molar-refractivity contribution in [3.8, 4) is 5.75 Å². The second-order valence-corrected chi connectivity index (χ2v) is 5.60. The van der Waals surface area contributed by atoms with Crippen LogP contribution in [0.1, 0.15) is 44.1 Å². The van der Waals surface area contributed by atoms with E-state index in [2.05, 4.69) is 0 Å². The minimum atomic E-state index is 0.305. The molecular formula is C17H26N2O2. The molecule has 0 bridgehead atoms. The second-order valence-electron chi connectivity index (χ2n) is 5.60. The fourth-order valence-corrected chi connectivity index (χ4v) is 2.66. The molecule has 1 aliphatic rings. The van der Waals surface area contributed by atoms with Crippen molar-refractivity contribution in [1.29, 1.82) is 0 Å². The van der Waals surface area contributed by atoms with Crippen LogP contribution in [-0.2, 0) is 11.3 Å². The lowest BCUT2D eigenvalue weighted by atomic mass is 10.1. The molecule has 0 aliphatic carbocycles. The molecule has 2 rings (SSSR count). The average Bonchev–Trinajstić information content (AvgIpc) is 2.50. The summed E-state index contributed by atoms with van der Waals surface area (Å²) in [6.45, 7) is 2.87. The largest absolute Gasteiger partial charge is 0.494 e. The van der Waals surface area contributed by atoms with Crippen LogP contribution in [0.2, 0.25) is 0 Å². The van der Waals surface area contributed by atoms with Gasteiger partial charge in [0.2, 0.25) is 5.91 Å². The van der Waals surface area contributed by atoms with Crippen LogP contribution in [0.4, 0.5) is 0 Å². The normalized spacial score (nSPS) is 16.4. The van der Waals surface area contributed by atoms with Gasteiger partial charge in [-0.2, -0.15) is 0 Å². The molecular weight excluding hydrogens is 264 g/mol. The molecule has 1 saturated heterocycles. The summed E-state index contributed by atoms with van der Waals surface area (Å²) in [4.78, 5) is 14.0. The minimum absolute atomic E-state index is 0.305. The van der Waals surface area contributed by atoms with Crippen LogP contribution in [-0.4, -0.2) is 30.5 Å². The van der Waals surface area contributed by atoms with Crippen molar-refractivity contribution in [3.63, 3.8) is 0 Å². The predicted octanol–water partition coefficient (Wildman–Crippen LogP) is 2.71. The first-order valence-electron chi connectivity index (χ1n) is 7.99. The van der Waals surface area contributed by atoms with Crippen molar-refractivity contribution >= 4 is 5.91 Å². The summed E-state index contributed by atoms with van der Waals surface area (Å²) in [5.74, 6) is 1.16. The van der Waals surface area contributed by atoms with Gasteiger partial charge in [-0.05, 0) is 37.0 Å². The van der Waals surface area contributed by atoms with Crippen molar-refractivity contribution in [2.75, 3.05) is 19.7 Å². The van der Waals surface area contributed by atoms with E-state index in [1.165, 1.54) is 12.8 Å². The first-order chi connectivity index (χ1) is 10.3. The molecule has 4 nitrogen and oxygen atoms in total. The Kier molecular flexibility index (Phi) is 6.54. The van der Waals surface area contributed by atoms with Crippen LogP contribution in [0.3, 0.4) is 0 Å². The number of ether oxygens (including phenoxy) is 1. The summed E-state index contributed by atoms with van der Waals surface area (Å²) in [5.41, 5.74) is 6.69. The van der Waals surface area contributed by atoms with E-state index in [0.717, 1.165) is 43.7 Å². The molecule has 1 amide bonds. The monoisotopic (exact) mass is 290 g/mol. The zero-order valence-electron chi connectivity index (χ0n) is 12.7. The number of carbonyl (C=O) groups is 1. The molecule has 0 saturated carbocycles. The maximum Gasteiger partial charge on any atom is 0.222 e. The number of nitrogens with zero attached hydrogens (tertiary/aromatic N) is 1. The lowest BCUT2D eigenvalue weighted by Crippen LogP contribution is -2.34. The summed E-state index contributed by atoms with van der Waals surface area (Å²) in [6, 6.07) is 7.87. The third kappa shape index (κ3) is 5.38. The Hall–Kier alpha value is -1.55. The predicted molar refractivity (Wildman–Crippen MR) is 84.1 cm³/mol. The van der Waals surface area contributed by atoms with Gasteiger partial charge in [-0.25, -0.2) is 0 Å². The highest BCUT2D eigenvalue weighted by molar-refractivity contribution is 5.76. The van der Waals surface area contributed by atoms with Gasteiger partial charge in [-0.1, -0.05) is 25.0 Å². The van der Waals surface area contributed by atoms with Crippen LogP contribution < -0.4 is 10.5 Å². The van der Waals surface area contributed by atoms with E-state index in [1.54, 1.807) is 0 Å². The summed E-state index contributed by atoms with van der Waals surface area (Å²) in [7, 11) is 0. The Labute approximate surface area is 127 Å². The number of hydrogen-bond acceptors (Lipinski definition) is 3. The van der Waals surface area contributed by atoms with Crippen molar-refractivity contribution in [2.24, 2.45) is 5.73 Å². The fraction of sp³-hybridized carbons (Fsp3) is 0.588. The van der Waals surface area contributed by atoms with Crippen LogP contribution >= 0.6 is 0 Å². The molecule has 0 unspecified atom stereocenters. The zero-order chi connectivity index (χ0) is 14.9. The Balaban J connectivity index is 1.71. The van der Waals surface area contributed by atoms with Gasteiger partial charge in [-0.3, -0.25) is 4.79 Å². The van der Waals surface area contributed by atoms with Gasteiger partial charge in [0.15, 0.2) is 0 Å². The highest BCUT2D eigenvalue weighted by Gasteiger charge is 2.14. The van der Waals surface area contributed by atoms with Gasteiger partial charge < -0.3 is 15.4 Å². The SMILES string of the molecule is NCc1cccc(OCCCN2CCCCCCC2=O)c1. The molecule has 1 heterocycles. The van der Waals surface area contributed by atoms with Gasteiger partial charge in [0.25, 0.3) is 0 Å². The van der Waals surface area contributed by atoms with Gasteiger partial charge in [-0.15, -0.1) is 0 Å². The standard InChI is InChI=1S/C17H26N2O2/c18-14-15-7-5-8-16(13-15)21-12-6-11-19-10-4-2-1-3-9-17(19)20/h5,7-8,13H,1-4,6,9-12,14,18H2. The second kappa shape index (κ2) is 8.67. The Morgan fingerprint density at radius 3 is 2.90 bits per heavy atom. The summed E-state index contributed by atoms with van der Waals surface area (Å²) < 4.78 is 5.74. The van der Waals surface area contributed by atoms with Crippen LogP contribution in [0.5, 0.6) is 5.75 Å². The van der Waals surface area contributed by atoms with E-state index in [1.807, 2.05) is 29.2 Å². The molecule has 0 aromatic heterocycles. The van der Waals surface area contributed by atoms with Crippen molar-refractivity contribution in [1.82, 2.24) is 4.90 Å². The van der Waals surface area contributed by atoms with Crippen molar-refractivity contribution < 1.29 is 9.53 Å². The Morgan fingerprint density at radius 1 is 1.19 bits per heavy atom. The van der Waals surface area contributed by atoms with E-state index in [9.17, 15) is 4.79 Å². The average molecular weight is 290 g/mol. The van der Waals surface area contributed by atoms with E-state index < -0.39 is 0 Å². The van der Waals surface area contributed by atoms with Crippen molar-refractivity contribution in [2.45, 2.75) is 45.1 Å². The molecule has 0 radical (unpaired) electrons. The third-order valence-electron chi connectivity index (χ3n) is 3.90. The smallest absolute Gasteiger partial charge is 0.222 e. The number of carbonyl (C=O) groups excluding carboxylic acids is 1. The minimum Gasteiger partial charge on any atom is -0.494 e. The Bertz CT molecular complexity index is 448. The molecule has 0 spiro atoms. The zero-order valence-corrected chi connectivity index (χ0v) is 12.7. The molecule has 2 N–H and O–H groups in total. The molecule has 1 fully saturated rings. The van der Waals surface area contributed by atoms with Gasteiger partial charge >= 0.3 is 0 Å². The maximum absolute atomic E-state index is 12.0. The molecule has 1 aromatic rings. The highest BCUT2D eigenvalue weighted by atomic mass is 16.5. The van der Waals surface area contributed by atoms with E-state index in [4.69, 9.17) is 10.5 Å². The molecule has 116 valence electrons. The topological polar surface area (TPSA) is 55.6 Å². The number of benzene rings is 1.